The number of morpholine rings is 2. The van der Waals surface area contributed by atoms with Crippen LogP contribution in [0.3, 0.4) is 0 Å². The van der Waals surface area contributed by atoms with Gasteiger partial charge in [-0.3, -0.25) is 4.79 Å². The summed E-state index contributed by atoms with van der Waals surface area (Å²) >= 11 is 0. The van der Waals surface area contributed by atoms with E-state index in [0.717, 1.165) is 32.0 Å². The van der Waals surface area contributed by atoms with Crippen molar-refractivity contribution < 1.29 is 22.7 Å². The minimum absolute atomic E-state index is 0.0854. The molecule has 2 heterocycles. The van der Waals surface area contributed by atoms with E-state index in [9.17, 15) is 13.2 Å². The Kier molecular flexibility index (Phi) is 6.86. The quantitative estimate of drug-likeness (QED) is 0.731. The molecule has 1 N–H and O–H groups in total. The lowest BCUT2D eigenvalue weighted by Crippen LogP contribution is -2.41. The third-order valence-electron chi connectivity index (χ3n) is 5.43. The Labute approximate surface area is 182 Å². The van der Waals surface area contributed by atoms with Gasteiger partial charge in [-0.05, 0) is 42.0 Å². The van der Waals surface area contributed by atoms with Crippen LogP contribution in [-0.2, 0) is 25.2 Å². The van der Waals surface area contributed by atoms with Gasteiger partial charge in [-0.1, -0.05) is 12.1 Å². The van der Waals surface area contributed by atoms with E-state index in [1.807, 2.05) is 24.3 Å². The molecule has 0 radical (unpaired) electrons. The summed E-state index contributed by atoms with van der Waals surface area (Å²) in [7, 11) is -3.39. The van der Waals surface area contributed by atoms with Crippen LogP contribution in [0.4, 0.5) is 11.4 Å². The molecule has 0 bridgehead atoms. The maximum absolute atomic E-state index is 12.6. The first-order valence-electron chi connectivity index (χ1n) is 10.4. The van der Waals surface area contributed by atoms with Crippen LogP contribution in [-0.4, -0.2) is 71.2 Å². The van der Waals surface area contributed by atoms with Gasteiger partial charge in [0.05, 0.1) is 32.2 Å². The highest BCUT2D eigenvalue weighted by Crippen LogP contribution is 2.20. The Morgan fingerprint density at radius 2 is 1.42 bits per heavy atom. The number of anilines is 2. The number of carbonyl (C=O) groups is 1. The Morgan fingerprint density at radius 3 is 2.03 bits per heavy atom. The molecule has 2 fully saturated rings. The lowest BCUT2D eigenvalue weighted by atomic mass is 10.1. The van der Waals surface area contributed by atoms with Crippen LogP contribution < -0.4 is 10.2 Å². The molecule has 0 unspecified atom stereocenters. The number of nitrogens with one attached hydrogen (secondary N) is 1. The maximum atomic E-state index is 12.6. The van der Waals surface area contributed by atoms with Gasteiger partial charge >= 0.3 is 0 Å². The van der Waals surface area contributed by atoms with Gasteiger partial charge in [0.2, 0.25) is 10.0 Å². The molecule has 0 atom stereocenters. The van der Waals surface area contributed by atoms with Gasteiger partial charge in [0.1, 0.15) is 0 Å². The summed E-state index contributed by atoms with van der Waals surface area (Å²) in [5.74, 6) is -0.320. The SMILES string of the molecule is O=C(Nc1ccc(N2CCOCC2)cc1)c1ccc(CS(=O)(=O)N2CCOCC2)cc1. The van der Waals surface area contributed by atoms with E-state index in [1.54, 1.807) is 24.3 Å². The Hall–Kier alpha value is -2.46. The van der Waals surface area contributed by atoms with Crippen molar-refractivity contribution in [2.45, 2.75) is 5.75 Å². The standard InChI is InChI=1S/C22H27N3O5S/c26-22(23-20-5-7-21(8-6-20)24-9-13-29-14-10-24)19-3-1-18(2-4-19)17-31(27,28)25-11-15-30-16-12-25/h1-8H,9-17H2,(H,23,26). The Bertz CT molecular complexity index is 981. The van der Waals surface area contributed by atoms with Crippen molar-refractivity contribution in [3.8, 4) is 0 Å². The van der Waals surface area contributed by atoms with Crippen molar-refractivity contribution in [1.29, 1.82) is 0 Å². The number of hydrogen-bond donors (Lipinski definition) is 1. The highest BCUT2D eigenvalue weighted by molar-refractivity contribution is 7.88. The second-order valence-electron chi connectivity index (χ2n) is 7.56. The number of carbonyl (C=O) groups excluding carboxylic acids is 1. The van der Waals surface area contributed by atoms with Crippen molar-refractivity contribution in [2.75, 3.05) is 62.8 Å². The number of hydrogen-bond acceptors (Lipinski definition) is 6. The van der Waals surface area contributed by atoms with Gasteiger partial charge < -0.3 is 19.7 Å². The smallest absolute Gasteiger partial charge is 0.255 e. The molecule has 0 aromatic heterocycles. The van der Waals surface area contributed by atoms with Crippen LogP contribution >= 0.6 is 0 Å². The topological polar surface area (TPSA) is 88.2 Å². The molecule has 166 valence electrons. The molecule has 8 nitrogen and oxygen atoms in total. The lowest BCUT2D eigenvalue weighted by Gasteiger charge is -2.28. The molecule has 2 aliphatic rings. The van der Waals surface area contributed by atoms with E-state index in [-0.39, 0.29) is 11.7 Å². The number of ether oxygens (including phenoxy) is 2. The lowest BCUT2D eigenvalue weighted by molar-refractivity contribution is 0.0729. The van der Waals surface area contributed by atoms with E-state index >= 15 is 0 Å². The first-order chi connectivity index (χ1) is 15.0. The van der Waals surface area contributed by atoms with E-state index in [0.29, 0.717) is 43.1 Å². The van der Waals surface area contributed by atoms with Crippen LogP contribution in [0, 0.1) is 0 Å². The van der Waals surface area contributed by atoms with E-state index < -0.39 is 10.0 Å². The van der Waals surface area contributed by atoms with Gasteiger partial charge in [-0.2, -0.15) is 4.31 Å². The summed E-state index contributed by atoms with van der Waals surface area (Å²) in [6.45, 7) is 4.78. The van der Waals surface area contributed by atoms with Gasteiger partial charge in [-0.25, -0.2) is 8.42 Å². The molecule has 4 rings (SSSR count). The molecule has 0 aliphatic carbocycles. The highest BCUT2D eigenvalue weighted by atomic mass is 32.2. The number of nitrogens with zero attached hydrogens (tertiary/aromatic N) is 2. The first kappa shape index (κ1) is 21.8. The van der Waals surface area contributed by atoms with Gasteiger partial charge in [0.25, 0.3) is 5.91 Å². The molecule has 0 saturated carbocycles. The predicted molar refractivity (Wildman–Crippen MR) is 119 cm³/mol. The van der Waals surface area contributed by atoms with Gasteiger partial charge in [0.15, 0.2) is 0 Å². The van der Waals surface area contributed by atoms with Crippen LogP contribution in [0.15, 0.2) is 48.5 Å². The number of rotatable bonds is 6. The average molecular weight is 446 g/mol. The summed E-state index contributed by atoms with van der Waals surface area (Å²) in [5.41, 5.74) is 2.94. The average Bonchev–Trinajstić information content (AvgIpc) is 2.81. The molecular formula is C22H27N3O5S. The van der Waals surface area contributed by atoms with E-state index in [4.69, 9.17) is 9.47 Å². The fourth-order valence-corrected chi connectivity index (χ4v) is 5.16. The van der Waals surface area contributed by atoms with Gasteiger partial charge in [-0.15, -0.1) is 0 Å². The second-order valence-corrected chi connectivity index (χ2v) is 9.53. The zero-order chi connectivity index (χ0) is 21.7. The van der Waals surface area contributed by atoms with Crippen molar-refractivity contribution in [1.82, 2.24) is 4.31 Å². The van der Waals surface area contributed by atoms with Crippen LogP contribution in [0.5, 0.6) is 0 Å². The molecule has 31 heavy (non-hydrogen) atoms. The normalized spacial score (nSPS) is 18.0. The van der Waals surface area contributed by atoms with Crippen molar-refractivity contribution in [3.05, 3.63) is 59.7 Å². The monoisotopic (exact) mass is 445 g/mol. The molecule has 2 aromatic rings. The highest BCUT2D eigenvalue weighted by Gasteiger charge is 2.24. The molecule has 9 heteroatoms. The van der Waals surface area contributed by atoms with Crippen LogP contribution in [0.25, 0.3) is 0 Å². The minimum Gasteiger partial charge on any atom is -0.379 e. The third kappa shape index (κ3) is 5.62. The Balaban J connectivity index is 1.34. The summed E-state index contributed by atoms with van der Waals surface area (Å²) in [5, 5.41) is 2.89. The zero-order valence-corrected chi connectivity index (χ0v) is 18.1. The molecule has 2 saturated heterocycles. The fourth-order valence-electron chi connectivity index (χ4n) is 3.66. The fraction of sp³-hybridized carbons (Fsp3) is 0.409. The summed E-state index contributed by atoms with van der Waals surface area (Å²) < 4.78 is 37.1. The Morgan fingerprint density at radius 1 is 0.839 bits per heavy atom. The molecule has 0 spiro atoms. The maximum Gasteiger partial charge on any atom is 0.255 e. The summed E-state index contributed by atoms with van der Waals surface area (Å²) in [4.78, 5) is 14.8. The van der Waals surface area contributed by atoms with Crippen molar-refractivity contribution in [3.63, 3.8) is 0 Å². The molecule has 2 aromatic carbocycles. The van der Waals surface area contributed by atoms with E-state index in [1.165, 1.54) is 4.31 Å². The van der Waals surface area contributed by atoms with Crippen molar-refractivity contribution >= 4 is 27.3 Å². The van der Waals surface area contributed by atoms with E-state index in [2.05, 4.69) is 10.2 Å². The second kappa shape index (κ2) is 9.78. The van der Waals surface area contributed by atoms with Crippen molar-refractivity contribution in [2.24, 2.45) is 0 Å². The minimum atomic E-state index is -3.39. The predicted octanol–water partition coefficient (Wildman–Crippen LogP) is 1.94. The zero-order valence-electron chi connectivity index (χ0n) is 17.3. The van der Waals surface area contributed by atoms with Gasteiger partial charge in [0, 0.05) is 43.1 Å². The number of benzene rings is 2. The van der Waals surface area contributed by atoms with Crippen LogP contribution in [0.1, 0.15) is 15.9 Å². The summed E-state index contributed by atoms with van der Waals surface area (Å²) in [6, 6.07) is 14.4. The number of amides is 1. The first-order valence-corrected chi connectivity index (χ1v) is 12.0. The summed E-state index contributed by atoms with van der Waals surface area (Å²) in [6.07, 6.45) is 0. The largest absolute Gasteiger partial charge is 0.379 e. The third-order valence-corrected chi connectivity index (χ3v) is 7.28. The molecular weight excluding hydrogens is 418 g/mol. The molecule has 2 aliphatic heterocycles. The number of sulfonamides is 1. The van der Waals surface area contributed by atoms with Crippen LogP contribution in [0.2, 0.25) is 0 Å². The molecule has 1 amide bonds.